The van der Waals surface area contributed by atoms with Gasteiger partial charge >= 0.3 is 5.97 Å². The van der Waals surface area contributed by atoms with E-state index in [4.69, 9.17) is 10.2 Å². The summed E-state index contributed by atoms with van der Waals surface area (Å²) in [5.41, 5.74) is 0.923. The van der Waals surface area contributed by atoms with Crippen LogP contribution in [0, 0.1) is 0 Å². The highest BCUT2D eigenvalue weighted by Gasteiger charge is 2.16. The quantitative estimate of drug-likeness (QED) is 0.702. The molecular weight excluding hydrogens is 230 g/mol. The van der Waals surface area contributed by atoms with Gasteiger partial charge in [0.05, 0.1) is 11.4 Å². The maximum atomic E-state index is 11.6. The monoisotopic (exact) mass is 243 g/mol. The molecule has 1 amide bonds. The summed E-state index contributed by atoms with van der Waals surface area (Å²) in [4.78, 5) is 22.5. The molecule has 0 fully saturated rings. The SMILES string of the molecule is CCc1ccsc1C(=O)NC[C@H](O)C(=O)O. The highest BCUT2D eigenvalue weighted by atomic mass is 32.1. The second kappa shape index (κ2) is 5.62. The van der Waals surface area contributed by atoms with Crippen molar-refractivity contribution in [3.63, 3.8) is 0 Å². The number of aryl methyl sites for hydroxylation is 1. The minimum absolute atomic E-state index is 0.283. The molecule has 0 radical (unpaired) electrons. The fourth-order valence-corrected chi connectivity index (χ4v) is 2.08. The summed E-state index contributed by atoms with van der Waals surface area (Å²) in [6, 6.07) is 1.85. The van der Waals surface area contributed by atoms with Gasteiger partial charge in [-0.3, -0.25) is 4.79 Å². The molecule has 0 unspecified atom stereocenters. The number of carboxylic acids is 1. The zero-order valence-corrected chi connectivity index (χ0v) is 9.58. The van der Waals surface area contributed by atoms with Crippen LogP contribution in [0.1, 0.15) is 22.2 Å². The van der Waals surface area contributed by atoms with Gasteiger partial charge in [0.1, 0.15) is 0 Å². The number of rotatable bonds is 5. The predicted octanol–water partition coefficient (Wildman–Crippen LogP) is 0.486. The molecule has 16 heavy (non-hydrogen) atoms. The standard InChI is InChI=1S/C10H13NO4S/c1-2-6-3-4-16-8(6)9(13)11-5-7(12)10(14)15/h3-4,7,12H,2,5H2,1H3,(H,11,13)(H,14,15)/t7-/m0/s1. The molecule has 0 spiro atoms. The average molecular weight is 243 g/mol. The van der Waals surface area contributed by atoms with E-state index in [1.165, 1.54) is 11.3 Å². The van der Waals surface area contributed by atoms with Gasteiger partial charge in [-0.15, -0.1) is 11.3 Å². The number of hydrogen-bond donors (Lipinski definition) is 3. The molecule has 0 aliphatic heterocycles. The zero-order chi connectivity index (χ0) is 12.1. The lowest BCUT2D eigenvalue weighted by molar-refractivity contribution is -0.146. The smallest absolute Gasteiger partial charge is 0.334 e. The van der Waals surface area contributed by atoms with Crippen molar-refractivity contribution in [2.45, 2.75) is 19.4 Å². The number of carboxylic acid groups (broad SMARTS) is 1. The molecule has 88 valence electrons. The maximum Gasteiger partial charge on any atom is 0.334 e. The third-order valence-corrected chi connectivity index (χ3v) is 3.03. The minimum Gasteiger partial charge on any atom is -0.479 e. The lowest BCUT2D eigenvalue weighted by Crippen LogP contribution is -2.36. The van der Waals surface area contributed by atoms with Crippen molar-refractivity contribution in [3.8, 4) is 0 Å². The van der Waals surface area contributed by atoms with Gasteiger partial charge in [0.2, 0.25) is 0 Å². The van der Waals surface area contributed by atoms with E-state index in [0.29, 0.717) is 4.88 Å². The Labute approximate surface area is 96.7 Å². The van der Waals surface area contributed by atoms with Crippen molar-refractivity contribution in [1.29, 1.82) is 0 Å². The Morgan fingerprint density at radius 1 is 1.56 bits per heavy atom. The maximum absolute atomic E-state index is 11.6. The molecule has 0 saturated carbocycles. The molecule has 1 heterocycles. The lowest BCUT2D eigenvalue weighted by atomic mass is 10.2. The Kier molecular flexibility index (Phi) is 4.45. The molecule has 0 aliphatic carbocycles. The van der Waals surface area contributed by atoms with Crippen LogP contribution < -0.4 is 5.32 Å². The Morgan fingerprint density at radius 3 is 2.81 bits per heavy atom. The molecule has 1 aromatic rings. The van der Waals surface area contributed by atoms with Crippen molar-refractivity contribution in [3.05, 3.63) is 21.9 Å². The zero-order valence-electron chi connectivity index (χ0n) is 8.77. The van der Waals surface area contributed by atoms with E-state index >= 15 is 0 Å². The van der Waals surface area contributed by atoms with E-state index in [-0.39, 0.29) is 12.5 Å². The molecule has 0 saturated heterocycles. The van der Waals surface area contributed by atoms with Crippen molar-refractivity contribution >= 4 is 23.2 Å². The van der Waals surface area contributed by atoms with Crippen LogP contribution in [0.5, 0.6) is 0 Å². The molecule has 1 rings (SSSR count). The second-order valence-corrected chi connectivity index (χ2v) is 4.11. The van der Waals surface area contributed by atoms with Gasteiger partial charge in [0, 0.05) is 0 Å². The van der Waals surface area contributed by atoms with Crippen LogP contribution in [-0.2, 0) is 11.2 Å². The summed E-state index contributed by atoms with van der Waals surface area (Å²) < 4.78 is 0. The third-order valence-electron chi connectivity index (χ3n) is 2.07. The Balaban J connectivity index is 2.56. The molecule has 0 aromatic carbocycles. The topological polar surface area (TPSA) is 86.6 Å². The number of carbonyl (C=O) groups excluding carboxylic acids is 1. The van der Waals surface area contributed by atoms with Crippen LogP contribution in [0.3, 0.4) is 0 Å². The van der Waals surface area contributed by atoms with Gasteiger partial charge in [0.15, 0.2) is 6.10 Å². The van der Waals surface area contributed by atoms with Gasteiger partial charge in [-0.1, -0.05) is 6.92 Å². The highest BCUT2D eigenvalue weighted by molar-refractivity contribution is 7.12. The average Bonchev–Trinajstić information content (AvgIpc) is 2.73. The van der Waals surface area contributed by atoms with Gasteiger partial charge in [-0.2, -0.15) is 0 Å². The van der Waals surface area contributed by atoms with Gasteiger partial charge in [0.25, 0.3) is 5.91 Å². The summed E-state index contributed by atoms with van der Waals surface area (Å²) in [6.45, 7) is 1.65. The van der Waals surface area contributed by atoms with E-state index < -0.39 is 12.1 Å². The lowest BCUT2D eigenvalue weighted by Gasteiger charge is -2.07. The number of hydrogen-bond acceptors (Lipinski definition) is 4. The van der Waals surface area contributed by atoms with Gasteiger partial charge in [-0.25, -0.2) is 4.79 Å². The first-order valence-electron chi connectivity index (χ1n) is 4.81. The molecule has 1 atom stereocenters. The number of aliphatic carboxylic acids is 1. The summed E-state index contributed by atoms with van der Waals surface area (Å²) >= 11 is 1.30. The van der Waals surface area contributed by atoms with Crippen LogP contribution in [0.25, 0.3) is 0 Å². The summed E-state index contributed by atoms with van der Waals surface area (Å²) in [5.74, 6) is -1.69. The highest BCUT2D eigenvalue weighted by Crippen LogP contribution is 2.16. The fraction of sp³-hybridized carbons (Fsp3) is 0.400. The molecule has 1 aromatic heterocycles. The third kappa shape index (κ3) is 3.04. The number of amides is 1. The molecule has 3 N–H and O–H groups in total. The van der Waals surface area contributed by atoms with Gasteiger partial charge < -0.3 is 15.5 Å². The summed E-state index contributed by atoms with van der Waals surface area (Å²) in [6.07, 6.45) is -0.817. The Morgan fingerprint density at radius 2 is 2.25 bits per heavy atom. The fourth-order valence-electron chi connectivity index (χ4n) is 1.17. The molecule has 6 heteroatoms. The molecule has 5 nitrogen and oxygen atoms in total. The van der Waals surface area contributed by atoms with Crippen LogP contribution in [0.15, 0.2) is 11.4 Å². The van der Waals surface area contributed by atoms with Crippen LogP contribution in [0.2, 0.25) is 0 Å². The van der Waals surface area contributed by atoms with Crippen LogP contribution in [-0.4, -0.2) is 34.7 Å². The summed E-state index contributed by atoms with van der Waals surface area (Å²) in [5, 5.41) is 21.6. The number of aliphatic hydroxyl groups excluding tert-OH is 1. The van der Waals surface area contributed by atoms with Crippen molar-refractivity contribution in [1.82, 2.24) is 5.32 Å². The van der Waals surface area contributed by atoms with E-state index in [1.54, 1.807) is 5.38 Å². The molecular formula is C10H13NO4S. The molecule has 0 bridgehead atoms. The van der Waals surface area contributed by atoms with E-state index in [0.717, 1.165) is 12.0 Å². The normalized spacial score (nSPS) is 12.1. The number of aliphatic hydroxyl groups is 1. The number of carbonyl (C=O) groups is 2. The Bertz CT molecular complexity index is 388. The molecule has 0 aliphatic rings. The first kappa shape index (κ1) is 12.7. The van der Waals surface area contributed by atoms with Gasteiger partial charge in [-0.05, 0) is 23.4 Å². The first-order chi connectivity index (χ1) is 7.56. The first-order valence-corrected chi connectivity index (χ1v) is 5.69. The van der Waals surface area contributed by atoms with Crippen molar-refractivity contribution < 1.29 is 19.8 Å². The number of nitrogens with one attached hydrogen (secondary N) is 1. The Hall–Kier alpha value is -1.40. The number of thiophene rings is 1. The predicted molar refractivity (Wildman–Crippen MR) is 59.7 cm³/mol. The summed E-state index contributed by atoms with van der Waals surface area (Å²) in [7, 11) is 0. The largest absolute Gasteiger partial charge is 0.479 e. The van der Waals surface area contributed by atoms with E-state index in [9.17, 15) is 9.59 Å². The van der Waals surface area contributed by atoms with Crippen molar-refractivity contribution in [2.75, 3.05) is 6.54 Å². The second-order valence-electron chi connectivity index (χ2n) is 3.19. The van der Waals surface area contributed by atoms with E-state index in [2.05, 4.69) is 5.32 Å². The van der Waals surface area contributed by atoms with Crippen LogP contribution >= 0.6 is 11.3 Å². The van der Waals surface area contributed by atoms with Crippen molar-refractivity contribution in [2.24, 2.45) is 0 Å². The van der Waals surface area contributed by atoms with Crippen LogP contribution in [0.4, 0.5) is 0 Å². The minimum atomic E-state index is -1.56. The van der Waals surface area contributed by atoms with E-state index in [1.807, 2.05) is 13.0 Å².